The molecule has 2 heterocycles. The Morgan fingerprint density at radius 1 is 1.56 bits per heavy atom. The van der Waals surface area contributed by atoms with Gasteiger partial charge in [0, 0.05) is 24.3 Å². The first-order valence-corrected chi connectivity index (χ1v) is 5.96. The van der Waals surface area contributed by atoms with Gasteiger partial charge in [0.05, 0.1) is 11.8 Å². The van der Waals surface area contributed by atoms with Crippen molar-refractivity contribution < 1.29 is 9.18 Å². The summed E-state index contributed by atoms with van der Waals surface area (Å²) in [6.45, 7) is 2.34. The third-order valence-electron chi connectivity index (χ3n) is 2.08. The van der Waals surface area contributed by atoms with Gasteiger partial charge in [-0.15, -0.1) is 5.10 Å². The lowest BCUT2D eigenvalue weighted by Crippen LogP contribution is -2.15. The Bertz CT molecular complexity index is 545. The molecule has 0 bridgehead atoms. The van der Waals surface area contributed by atoms with E-state index in [1.807, 2.05) is 6.92 Å². The Labute approximate surface area is 106 Å². The standard InChI is InChI=1S/C10H10FN5OS/c1-2-12-9-8(11)6(3-4-13-9)10(17)15-7-5-14-16-18-7/h3-5H,2H2,1H3,(H,12,13)(H,15,17). The first-order valence-electron chi connectivity index (χ1n) is 5.19. The van der Waals surface area contributed by atoms with E-state index in [-0.39, 0.29) is 11.4 Å². The predicted molar refractivity (Wildman–Crippen MR) is 66.2 cm³/mol. The molecule has 2 N–H and O–H groups in total. The number of hydrogen-bond acceptors (Lipinski definition) is 6. The molecule has 8 heteroatoms. The van der Waals surface area contributed by atoms with Crippen LogP contribution < -0.4 is 10.6 Å². The third kappa shape index (κ3) is 2.59. The Morgan fingerprint density at radius 3 is 3.06 bits per heavy atom. The van der Waals surface area contributed by atoms with Crippen LogP contribution in [0.1, 0.15) is 17.3 Å². The van der Waals surface area contributed by atoms with Gasteiger partial charge in [-0.05, 0) is 13.0 Å². The number of nitrogens with one attached hydrogen (secondary N) is 2. The Hall–Kier alpha value is -2.09. The van der Waals surface area contributed by atoms with Crippen LogP contribution in [0.25, 0.3) is 0 Å². The number of nitrogens with zero attached hydrogens (tertiary/aromatic N) is 3. The summed E-state index contributed by atoms with van der Waals surface area (Å²) in [7, 11) is 0. The van der Waals surface area contributed by atoms with E-state index in [0.717, 1.165) is 11.5 Å². The molecule has 2 aromatic heterocycles. The summed E-state index contributed by atoms with van der Waals surface area (Å²) in [6.07, 6.45) is 2.77. The molecule has 0 spiro atoms. The van der Waals surface area contributed by atoms with Gasteiger partial charge >= 0.3 is 0 Å². The van der Waals surface area contributed by atoms with Crippen LogP contribution in [0, 0.1) is 5.82 Å². The molecule has 2 rings (SSSR count). The highest BCUT2D eigenvalue weighted by Crippen LogP contribution is 2.17. The Balaban J connectivity index is 2.22. The van der Waals surface area contributed by atoms with E-state index in [9.17, 15) is 9.18 Å². The molecule has 0 aliphatic carbocycles. The van der Waals surface area contributed by atoms with Crippen molar-refractivity contribution in [3.63, 3.8) is 0 Å². The molecule has 1 amide bonds. The van der Waals surface area contributed by atoms with Crippen LogP contribution in [0.4, 0.5) is 15.2 Å². The predicted octanol–water partition coefficient (Wildman–Crippen LogP) is 1.76. The number of pyridine rings is 1. The highest BCUT2D eigenvalue weighted by atomic mass is 32.1. The number of halogens is 1. The maximum Gasteiger partial charge on any atom is 0.259 e. The molecular weight excluding hydrogens is 257 g/mol. The van der Waals surface area contributed by atoms with E-state index in [4.69, 9.17) is 0 Å². The van der Waals surface area contributed by atoms with Crippen molar-refractivity contribution in [1.82, 2.24) is 14.6 Å². The van der Waals surface area contributed by atoms with E-state index in [1.165, 1.54) is 18.5 Å². The number of rotatable bonds is 4. The van der Waals surface area contributed by atoms with Crippen LogP contribution in [0.3, 0.4) is 0 Å². The van der Waals surface area contributed by atoms with Gasteiger partial charge in [-0.1, -0.05) is 4.49 Å². The lowest BCUT2D eigenvalue weighted by molar-refractivity contribution is 0.102. The average Bonchev–Trinajstić information content (AvgIpc) is 2.85. The zero-order chi connectivity index (χ0) is 13.0. The number of anilines is 2. The first kappa shape index (κ1) is 12.4. The van der Waals surface area contributed by atoms with Gasteiger partial charge in [-0.25, -0.2) is 9.37 Å². The number of carbonyl (C=O) groups excluding carboxylic acids is 1. The van der Waals surface area contributed by atoms with Gasteiger partial charge in [0.25, 0.3) is 5.91 Å². The number of aromatic nitrogens is 3. The molecular formula is C10H10FN5OS. The summed E-state index contributed by atoms with van der Waals surface area (Å²) in [5, 5.41) is 9.28. The van der Waals surface area contributed by atoms with Crippen molar-refractivity contribution in [3.05, 3.63) is 29.8 Å². The Morgan fingerprint density at radius 2 is 2.39 bits per heavy atom. The summed E-state index contributed by atoms with van der Waals surface area (Å²) in [5.74, 6) is -1.16. The monoisotopic (exact) mass is 267 g/mol. The number of amides is 1. The fourth-order valence-corrected chi connectivity index (χ4v) is 1.73. The van der Waals surface area contributed by atoms with Crippen LogP contribution in [-0.2, 0) is 0 Å². The van der Waals surface area contributed by atoms with E-state index < -0.39 is 11.7 Å². The lowest BCUT2D eigenvalue weighted by atomic mass is 10.2. The minimum atomic E-state index is -0.672. The normalized spacial score (nSPS) is 10.1. The minimum Gasteiger partial charge on any atom is -0.368 e. The zero-order valence-corrected chi connectivity index (χ0v) is 10.3. The van der Waals surface area contributed by atoms with Crippen LogP contribution in [0.2, 0.25) is 0 Å². The fourth-order valence-electron chi connectivity index (χ4n) is 1.31. The molecule has 0 radical (unpaired) electrons. The van der Waals surface area contributed by atoms with Crippen molar-refractivity contribution in [2.45, 2.75) is 6.92 Å². The second-order valence-electron chi connectivity index (χ2n) is 3.29. The van der Waals surface area contributed by atoms with E-state index in [2.05, 4.69) is 25.2 Å². The van der Waals surface area contributed by atoms with Gasteiger partial charge in [0.15, 0.2) is 11.6 Å². The van der Waals surface area contributed by atoms with E-state index >= 15 is 0 Å². The molecule has 94 valence electrons. The van der Waals surface area contributed by atoms with Crippen LogP contribution in [-0.4, -0.2) is 27.0 Å². The smallest absolute Gasteiger partial charge is 0.259 e. The lowest BCUT2D eigenvalue weighted by Gasteiger charge is -2.07. The molecule has 0 saturated heterocycles. The second-order valence-corrected chi connectivity index (χ2v) is 4.07. The molecule has 6 nitrogen and oxygen atoms in total. The molecule has 2 aromatic rings. The van der Waals surface area contributed by atoms with Gasteiger partial charge in [0.2, 0.25) is 0 Å². The molecule has 0 aromatic carbocycles. The summed E-state index contributed by atoms with van der Waals surface area (Å²) in [4.78, 5) is 15.7. The SMILES string of the molecule is CCNc1nccc(C(=O)Nc2cnns2)c1F. The number of hydrogen-bond donors (Lipinski definition) is 2. The zero-order valence-electron chi connectivity index (χ0n) is 9.48. The molecule has 18 heavy (non-hydrogen) atoms. The van der Waals surface area contributed by atoms with E-state index in [1.54, 1.807) is 0 Å². The van der Waals surface area contributed by atoms with Gasteiger partial charge in [0.1, 0.15) is 5.00 Å². The maximum atomic E-state index is 13.9. The van der Waals surface area contributed by atoms with Crippen molar-refractivity contribution >= 4 is 28.3 Å². The first-order chi connectivity index (χ1) is 8.72. The summed E-state index contributed by atoms with van der Waals surface area (Å²) < 4.78 is 17.5. The molecule has 0 atom stereocenters. The van der Waals surface area contributed by atoms with Crippen LogP contribution >= 0.6 is 11.5 Å². The number of carbonyl (C=O) groups is 1. The highest BCUT2D eigenvalue weighted by molar-refractivity contribution is 7.10. The maximum absolute atomic E-state index is 13.9. The average molecular weight is 267 g/mol. The van der Waals surface area contributed by atoms with Gasteiger partial charge in [-0.3, -0.25) is 4.79 Å². The second kappa shape index (κ2) is 5.50. The molecule has 0 aliphatic heterocycles. The van der Waals surface area contributed by atoms with Crippen molar-refractivity contribution in [3.8, 4) is 0 Å². The summed E-state index contributed by atoms with van der Waals surface area (Å²) in [5.41, 5.74) is -0.0747. The van der Waals surface area contributed by atoms with Crippen molar-refractivity contribution in [2.75, 3.05) is 17.2 Å². The summed E-state index contributed by atoms with van der Waals surface area (Å²) in [6, 6.07) is 1.32. The van der Waals surface area contributed by atoms with Crippen molar-refractivity contribution in [2.24, 2.45) is 0 Å². The fraction of sp³-hybridized carbons (Fsp3) is 0.200. The highest BCUT2D eigenvalue weighted by Gasteiger charge is 2.16. The van der Waals surface area contributed by atoms with Gasteiger partial charge < -0.3 is 10.6 Å². The Kier molecular flexibility index (Phi) is 3.78. The summed E-state index contributed by atoms with van der Waals surface area (Å²) >= 11 is 1.02. The molecule has 0 aliphatic rings. The van der Waals surface area contributed by atoms with Crippen LogP contribution in [0.5, 0.6) is 0 Å². The van der Waals surface area contributed by atoms with Crippen molar-refractivity contribution in [1.29, 1.82) is 0 Å². The quantitative estimate of drug-likeness (QED) is 0.882. The largest absolute Gasteiger partial charge is 0.368 e. The minimum absolute atomic E-state index is 0.0626. The molecule has 0 fully saturated rings. The van der Waals surface area contributed by atoms with Gasteiger partial charge in [-0.2, -0.15) is 0 Å². The van der Waals surface area contributed by atoms with E-state index in [0.29, 0.717) is 11.5 Å². The molecule has 0 unspecified atom stereocenters. The van der Waals surface area contributed by atoms with Crippen LogP contribution in [0.15, 0.2) is 18.5 Å². The third-order valence-corrected chi connectivity index (χ3v) is 2.66. The topological polar surface area (TPSA) is 79.8 Å². The molecule has 0 saturated carbocycles.